The minimum atomic E-state index is -4.83. The summed E-state index contributed by atoms with van der Waals surface area (Å²) in [6, 6.07) is 10.9. The van der Waals surface area contributed by atoms with Crippen LogP contribution in [0.1, 0.15) is 27.9 Å². The highest BCUT2D eigenvalue weighted by Crippen LogP contribution is 2.48. The van der Waals surface area contributed by atoms with Crippen LogP contribution in [0.5, 0.6) is 5.75 Å². The Bertz CT molecular complexity index is 896. The molecular formula is C18H17O6P. The number of allylic oxidation sites excluding steroid dienone is 1. The van der Waals surface area contributed by atoms with Crippen LogP contribution < -0.4 is 4.52 Å². The molecule has 0 aromatic heterocycles. The lowest BCUT2D eigenvalue weighted by Gasteiger charge is -2.15. The Morgan fingerprint density at radius 3 is 2.64 bits per heavy atom. The van der Waals surface area contributed by atoms with Crippen molar-refractivity contribution < 1.29 is 28.8 Å². The van der Waals surface area contributed by atoms with E-state index in [-0.39, 0.29) is 17.9 Å². The lowest BCUT2D eigenvalue weighted by Crippen LogP contribution is -2.04. The standard InChI is InChI=1S/C18H17O6P/c19-10-4-3-7-17(20)15-9-8-14-13-6-2-1-5-12(13)11-16(14)18(15)24-25(21,22)23/h1-3,5-9,19H,4,10-11H2,(H2,21,22,23). The van der Waals surface area contributed by atoms with Crippen LogP contribution >= 0.6 is 7.82 Å². The molecule has 0 atom stereocenters. The van der Waals surface area contributed by atoms with Crippen LogP contribution in [0.25, 0.3) is 11.1 Å². The van der Waals surface area contributed by atoms with Crippen LogP contribution in [-0.2, 0) is 11.0 Å². The van der Waals surface area contributed by atoms with Crippen molar-refractivity contribution in [1.82, 2.24) is 0 Å². The zero-order valence-corrected chi connectivity index (χ0v) is 14.1. The minimum absolute atomic E-state index is 0.0827. The number of hydrogen-bond acceptors (Lipinski definition) is 4. The Balaban J connectivity index is 2.10. The summed E-state index contributed by atoms with van der Waals surface area (Å²) in [7, 11) is -4.83. The Hall–Kier alpha value is -2.24. The average Bonchev–Trinajstić information content (AvgIpc) is 2.93. The van der Waals surface area contributed by atoms with Gasteiger partial charge in [0.15, 0.2) is 5.78 Å². The molecular weight excluding hydrogens is 343 g/mol. The topological polar surface area (TPSA) is 104 Å². The molecule has 130 valence electrons. The third-order valence-electron chi connectivity index (χ3n) is 3.98. The molecule has 1 aliphatic carbocycles. The van der Waals surface area contributed by atoms with E-state index in [1.54, 1.807) is 6.07 Å². The zero-order chi connectivity index (χ0) is 18.0. The third kappa shape index (κ3) is 3.72. The number of fused-ring (bicyclic) bond motifs is 3. The SMILES string of the molecule is O=C(C=CCCO)c1ccc2c(c1OP(=O)(O)O)Cc1ccccc1-2. The van der Waals surface area contributed by atoms with E-state index in [1.807, 2.05) is 24.3 Å². The van der Waals surface area contributed by atoms with Crippen LogP contribution in [0.2, 0.25) is 0 Å². The summed E-state index contributed by atoms with van der Waals surface area (Å²) in [6.45, 7) is -0.0882. The number of aliphatic hydroxyl groups is 1. The van der Waals surface area contributed by atoms with Crippen LogP contribution in [-0.4, -0.2) is 27.3 Å². The zero-order valence-electron chi connectivity index (χ0n) is 13.3. The van der Waals surface area contributed by atoms with Crippen molar-refractivity contribution in [1.29, 1.82) is 0 Å². The van der Waals surface area contributed by atoms with Crippen LogP contribution in [0.4, 0.5) is 0 Å². The van der Waals surface area contributed by atoms with Gasteiger partial charge in [-0.25, -0.2) is 4.57 Å². The van der Waals surface area contributed by atoms with E-state index in [4.69, 9.17) is 9.63 Å². The normalized spacial score (nSPS) is 12.9. The fourth-order valence-electron chi connectivity index (χ4n) is 2.96. The summed E-state index contributed by atoms with van der Waals surface area (Å²) in [6.07, 6.45) is 3.53. The number of aliphatic hydroxyl groups excluding tert-OH is 1. The summed E-state index contributed by atoms with van der Waals surface area (Å²) in [4.78, 5) is 30.9. The Kier molecular flexibility index (Phi) is 4.88. The molecule has 0 unspecified atom stereocenters. The van der Waals surface area contributed by atoms with E-state index in [0.717, 1.165) is 16.7 Å². The first-order valence-corrected chi connectivity index (χ1v) is 9.25. The van der Waals surface area contributed by atoms with Gasteiger partial charge in [-0.15, -0.1) is 0 Å². The highest BCUT2D eigenvalue weighted by molar-refractivity contribution is 7.46. The average molecular weight is 360 g/mol. The number of carbonyl (C=O) groups excluding carboxylic acids is 1. The number of ketones is 1. The highest BCUT2D eigenvalue weighted by Gasteiger charge is 2.29. The summed E-state index contributed by atoms with van der Waals surface area (Å²) in [5, 5.41) is 8.79. The molecule has 0 aliphatic heterocycles. The van der Waals surface area contributed by atoms with E-state index in [2.05, 4.69) is 0 Å². The first-order valence-electron chi connectivity index (χ1n) is 7.72. The first kappa shape index (κ1) is 17.6. The predicted molar refractivity (Wildman–Crippen MR) is 92.5 cm³/mol. The van der Waals surface area contributed by atoms with Gasteiger partial charge in [-0.2, -0.15) is 0 Å². The fraction of sp³-hybridized carbons (Fsp3) is 0.167. The molecule has 7 heteroatoms. The van der Waals surface area contributed by atoms with Gasteiger partial charge in [0, 0.05) is 18.6 Å². The second kappa shape index (κ2) is 6.94. The fourth-order valence-corrected chi connectivity index (χ4v) is 3.40. The third-order valence-corrected chi connectivity index (χ3v) is 4.40. The molecule has 2 aromatic carbocycles. The summed E-state index contributed by atoms with van der Waals surface area (Å²) in [5.41, 5.74) is 3.45. The Morgan fingerprint density at radius 2 is 1.92 bits per heavy atom. The van der Waals surface area contributed by atoms with Crippen LogP contribution in [0.15, 0.2) is 48.6 Å². The quantitative estimate of drug-likeness (QED) is 0.355. The summed E-state index contributed by atoms with van der Waals surface area (Å²) >= 11 is 0. The van der Waals surface area contributed by atoms with E-state index < -0.39 is 13.6 Å². The minimum Gasteiger partial charge on any atom is -0.403 e. The molecule has 0 heterocycles. The Labute approximate surface area is 144 Å². The van der Waals surface area contributed by atoms with Gasteiger partial charge in [0.25, 0.3) is 0 Å². The molecule has 0 spiro atoms. The van der Waals surface area contributed by atoms with E-state index in [0.29, 0.717) is 18.4 Å². The molecule has 0 saturated heterocycles. The molecule has 6 nitrogen and oxygen atoms in total. The molecule has 0 saturated carbocycles. The molecule has 1 aliphatic rings. The van der Waals surface area contributed by atoms with Gasteiger partial charge in [-0.1, -0.05) is 36.4 Å². The molecule has 2 aromatic rings. The van der Waals surface area contributed by atoms with Crippen molar-refractivity contribution >= 4 is 13.6 Å². The number of hydrogen-bond donors (Lipinski definition) is 3. The largest absolute Gasteiger partial charge is 0.524 e. The van der Waals surface area contributed by atoms with Crippen molar-refractivity contribution in [2.75, 3.05) is 6.61 Å². The molecule has 0 bridgehead atoms. The molecule has 0 amide bonds. The van der Waals surface area contributed by atoms with Crippen molar-refractivity contribution in [3.63, 3.8) is 0 Å². The van der Waals surface area contributed by atoms with Gasteiger partial charge in [0.1, 0.15) is 5.75 Å². The van der Waals surface area contributed by atoms with Gasteiger partial charge < -0.3 is 9.63 Å². The second-order valence-corrected chi connectivity index (χ2v) is 6.83. The van der Waals surface area contributed by atoms with Crippen molar-refractivity contribution in [2.45, 2.75) is 12.8 Å². The molecule has 3 rings (SSSR count). The molecule has 3 N–H and O–H groups in total. The summed E-state index contributed by atoms with van der Waals surface area (Å²) < 4.78 is 16.3. The number of phosphoric acid groups is 1. The van der Waals surface area contributed by atoms with E-state index in [9.17, 15) is 19.1 Å². The Morgan fingerprint density at radius 1 is 1.16 bits per heavy atom. The van der Waals surface area contributed by atoms with E-state index in [1.165, 1.54) is 18.2 Å². The lowest BCUT2D eigenvalue weighted by atomic mass is 9.99. The van der Waals surface area contributed by atoms with Crippen LogP contribution in [0.3, 0.4) is 0 Å². The van der Waals surface area contributed by atoms with E-state index >= 15 is 0 Å². The molecule has 25 heavy (non-hydrogen) atoms. The number of phosphoric ester groups is 1. The number of benzene rings is 2. The highest BCUT2D eigenvalue weighted by atomic mass is 31.2. The smallest absolute Gasteiger partial charge is 0.403 e. The van der Waals surface area contributed by atoms with Gasteiger partial charge >= 0.3 is 7.82 Å². The number of carbonyl (C=O) groups is 1. The second-order valence-electron chi connectivity index (χ2n) is 5.66. The van der Waals surface area contributed by atoms with Crippen molar-refractivity contribution in [2.24, 2.45) is 0 Å². The maximum atomic E-state index is 12.4. The van der Waals surface area contributed by atoms with Gasteiger partial charge in [-0.3, -0.25) is 14.6 Å². The number of rotatable bonds is 6. The molecule has 0 fully saturated rings. The predicted octanol–water partition coefficient (Wildman–Crippen LogP) is 2.85. The van der Waals surface area contributed by atoms with Gasteiger partial charge in [0.2, 0.25) is 0 Å². The van der Waals surface area contributed by atoms with Gasteiger partial charge in [-0.05, 0) is 35.3 Å². The van der Waals surface area contributed by atoms with Gasteiger partial charge in [0.05, 0.1) is 5.56 Å². The molecule has 0 radical (unpaired) electrons. The summed E-state index contributed by atoms with van der Waals surface area (Å²) in [5.74, 6) is -0.517. The lowest BCUT2D eigenvalue weighted by molar-refractivity contribution is 0.104. The van der Waals surface area contributed by atoms with Crippen LogP contribution in [0, 0.1) is 0 Å². The van der Waals surface area contributed by atoms with Crippen molar-refractivity contribution in [3.8, 4) is 16.9 Å². The van der Waals surface area contributed by atoms with Crippen molar-refractivity contribution in [3.05, 3.63) is 65.2 Å². The maximum Gasteiger partial charge on any atom is 0.524 e. The first-order chi connectivity index (χ1) is 11.9. The maximum absolute atomic E-state index is 12.4. The monoisotopic (exact) mass is 360 g/mol.